The molecule has 5 heteroatoms. The Kier molecular flexibility index (Phi) is 2.90. The van der Waals surface area contributed by atoms with Crippen molar-refractivity contribution in [1.82, 2.24) is 9.97 Å². The summed E-state index contributed by atoms with van der Waals surface area (Å²) in [4.78, 5) is 8.48. The fraction of sp³-hybridized carbons (Fsp3) is 0. The third-order valence-electron chi connectivity index (χ3n) is 3.01. The Bertz CT molecular complexity index is 815. The predicted molar refractivity (Wildman–Crippen MR) is 78.4 cm³/mol. The van der Waals surface area contributed by atoms with E-state index in [1.807, 2.05) is 36.4 Å². The smallest absolute Gasteiger partial charge is 0.154 e. The number of nitrogens with two attached hydrogens (primary N) is 1. The van der Waals surface area contributed by atoms with Gasteiger partial charge in [0.1, 0.15) is 6.07 Å². The first kappa shape index (κ1) is 11.9. The number of fused-ring (bicyclic) bond motifs is 1. The molecule has 0 spiro atoms. The second kappa shape index (κ2) is 4.86. The molecule has 1 aromatic carbocycles. The molecule has 0 amide bonds. The van der Waals surface area contributed by atoms with Gasteiger partial charge in [-0.3, -0.25) is 4.98 Å². The minimum Gasteiger partial charge on any atom is -0.395 e. The number of anilines is 3. The van der Waals surface area contributed by atoms with E-state index in [1.165, 1.54) is 0 Å². The lowest BCUT2D eigenvalue weighted by atomic mass is 10.1. The van der Waals surface area contributed by atoms with Crippen LogP contribution in [0.1, 0.15) is 5.56 Å². The van der Waals surface area contributed by atoms with E-state index in [0.717, 1.165) is 16.6 Å². The number of benzene rings is 1. The monoisotopic (exact) mass is 261 g/mol. The van der Waals surface area contributed by atoms with Crippen LogP contribution in [-0.4, -0.2) is 9.97 Å². The minimum atomic E-state index is 0.343. The van der Waals surface area contributed by atoms with Gasteiger partial charge in [-0.15, -0.1) is 0 Å². The van der Waals surface area contributed by atoms with Crippen molar-refractivity contribution in [2.24, 2.45) is 0 Å². The van der Waals surface area contributed by atoms with Gasteiger partial charge in [-0.25, -0.2) is 4.98 Å². The van der Waals surface area contributed by atoms with Crippen molar-refractivity contribution in [2.45, 2.75) is 0 Å². The van der Waals surface area contributed by atoms with Gasteiger partial charge in [0.15, 0.2) is 5.82 Å². The average Bonchev–Trinajstić information content (AvgIpc) is 2.50. The molecule has 3 N–H and O–H groups in total. The molecule has 0 radical (unpaired) electrons. The summed E-state index contributed by atoms with van der Waals surface area (Å²) < 4.78 is 0. The lowest BCUT2D eigenvalue weighted by Gasteiger charge is -2.11. The lowest BCUT2D eigenvalue weighted by Crippen LogP contribution is -2.01. The van der Waals surface area contributed by atoms with Gasteiger partial charge in [-0.2, -0.15) is 5.26 Å². The molecule has 96 valence electrons. The Balaban J connectivity index is 2.09. The Morgan fingerprint density at radius 2 is 1.95 bits per heavy atom. The molecule has 0 saturated heterocycles. The standard InChI is InChI=1S/C15H11N5/c16-9-10-6-8-19-15(14(10)17)20-13-5-1-4-12-11(13)3-2-7-18-12/h1-8H,17H2,(H,19,20). The van der Waals surface area contributed by atoms with Crippen LogP contribution in [0.5, 0.6) is 0 Å². The molecule has 0 atom stereocenters. The van der Waals surface area contributed by atoms with Gasteiger partial charge in [0, 0.05) is 23.5 Å². The molecule has 3 aromatic rings. The second-order valence-electron chi connectivity index (χ2n) is 4.23. The fourth-order valence-electron chi connectivity index (χ4n) is 2.01. The van der Waals surface area contributed by atoms with Crippen LogP contribution in [0.15, 0.2) is 48.8 Å². The summed E-state index contributed by atoms with van der Waals surface area (Å²) in [6.45, 7) is 0. The van der Waals surface area contributed by atoms with Gasteiger partial charge >= 0.3 is 0 Å². The van der Waals surface area contributed by atoms with E-state index in [0.29, 0.717) is 17.1 Å². The largest absolute Gasteiger partial charge is 0.395 e. The Morgan fingerprint density at radius 1 is 1.05 bits per heavy atom. The Morgan fingerprint density at radius 3 is 2.80 bits per heavy atom. The number of rotatable bonds is 2. The first-order valence-corrected chi connectivity index (χ1v) is 6.05. The van der Waals surface area contributed by atoms with Crippen LogP contribution in [0.25, 0.3) is 10.9 Å². The first-order valence-electron chi connectivity index (χ1n) is 6.05. The number of hydrogen-bond acceptors (Lipinski definition) is 5. The van der Waals surface area contributed by atoms with Crippen molar-refractivity contribution in [1.29, 1.82) is 5.26 Å². The summed E-state index contributed by atoms with van der Waals surface area (Å²) in [7, 11) is 0. The van der Waals surface area contributed by atoms with Crippen LogP contribution in [0, 0.1) is 11.3 Å². The lowest BCUT2D eigenvalue weighted by molar-refractivity contribution is 1.30. The van der Waals surface area contributed by atoms with Gasteiger partial charge in [-0.1, -0.05) is 6.07 Å². The number of aromatic nitrogens is 2. The third kappa shape index (κ3) is 1.99. The summed E-state index contributed by atoms with van der Waals surface area (Å²) in [5.74, 6) is 0.473. The number of nitrogen functional groups attached to an aromatic ring is 1. The maximum absolute atomic E-state index is 8.99. The van der Waals surface area contributed by atoms with Crippen LogP contribution in [0.3, 0.4) is 0 Å². The number of hydrogen-bond donors (Lipinski definition) is 2. The van der Waals surface area contributed by atoms with Crippen LogP contribution < -0.4 is 11.1 Å². The van der Waals surface area contributed by atoms with E-state index in [1.54, 1.807) is 18.5 Å². The summed E-state index contributed by atoms with van der Waals surface area (Å²) >= 11 is 0. The average molecular weight is 261 g/mol. The summed E-state index contributed by atoms with van der Waals surface area (Å²) in [5.41, 5.74) is 8.40. The van der Waals surface area contributed by atoms with Gasteiger partial charge in [-0.05, 0) is 30.3 Å². The molecule has 5 nitrogen and oxygen atoms in total. The molecule has 0 unspecified atom stereocenters. The number of nitrogens with one attached hydrogen (secondary N) is 1. The zero-order valence-corrected chi connectivity index (χ0v) is 10.5. The first-order chi connectivity index (χ1) is 9.79. The highest BCUT2D eigenvalue weighted by molar-refractivity contribution is 5.93. The van der Waals surface area contributed by atoms with Gasteiger partial charge < -0.3 is 11.1 Å². The summed E-state index contributed by atoms with van der Waals surface area (Å²) in [6, 6.07) is 13.2. The number of pyridine rings is 2. The number of nitrogens with zero attached hydrogens (tertiary/aromatic N) is 3. The Hall–Kier alpha value is -3.13. The topological polar surface area (TPSA) is 87.6 Å². The van der Waals surface area contributed by atoms with E-state index < -0.39 is 0 Å². The van der Waals surface area contributed by atoms with Crippen molar-refractivity contribution in [3.05, 3.63) is 54.4 Å². The molecule has 2 aromatic heterocycles. The molecule has 0 aliphatic heterocycles. The minimum absolute atomic E-state index is 0.343. The van der Waals surface area contributed by atoms with Crippen molar-refractivity contribution in [3.63, 3.8) is 0 Å². The SMILES string of the molecule is N#Cc1ccnc(Nc2cccc3ncccc23)c1N. The predicted octanol–water partition coefficient (Wildman–Crippen LogP) is 2.83. The molecule has 0 saturated carbocycles. The third-order valence-corrected chi connectivity index (χ3v) is 3.01. The number of nitriles is 1. The van der Waals surface area contributed by atoms with Gasteiger partial charge in [0.2, 0.25) is 0 Å². The van der Waals surface area contributed by atoms with E-state index in [-0.39, 0.29) is 0 Å². The zero-order chi connectivity index (χ0) is 13.9. The highest BCUT2D eigenvalue weighted by Crippen LogP contribution is 2.27. The van der Waals surface area contributed by atoms with Crippen LogP contribution in [-0.2, 0) is 0 Å². The molecule has 3 rings (SSSR count). The molecule has 2 heterocycles. The second-order valence-corrected chi connectivity index (χ2v) is 4.23. The van der Waals surface area contributed by atoms with Crippen molar-refractivity contribution < 1.29 is 0 Å². The normalized spacial score (nSPS) is 10.2. The van der Waals surface area contributed by atoms with Crippen molar-refractivity contribution >= 4 is 28.1 Å². The Labute approximate surface area is 115 Å². The molecule has 0 fully saturated rings. The fourth-order valence-corrected chi connectivity index (χ4v) is 2.01. The molecule has 20 heavy (non-hydrogen) atoms. The maximum atomic E-state index is 8.99. The molecule has 0 aliphatic rings. The van der Waals surface area contributed by atoms with Crippen LogP contribution >= 0.6 is 0 Å². The van der Waals surface area contributed by atoms with Crippen molar-refractivity contribution in [2.75, 3.05) is 11.1 Å². The highest BCUT2D eigenvalue weighted by Gasteiger charge is 2.08. The van der Waals surface area contributed by atoms with E-state index in [9.17, 15) is 0 Å². The zero-order valence-electron chi connectivity index (χ0n) is 10.5. The van der Waals surface area contributed by atoms with Gasteiger partial charge in [0.25, 0.3) is 0 Å². The molecular formula is C15H11N5. The summed E-state index contributed by atoms with van der Waals surface area (Å²) in [6.07, 6.45) is 3.30. The molecule has 0 aliphatic carbocycles. The molecular weight excluding hydrogens is 250 g/mol. The quantitative estimate of drug-likeness (QED) is 0.740. The highest BCUT2D eigenvalue weighted by atomic mass is 15.0. The molecule has 0 bridgehead atoms. The van der Waals surface area contributed by atoms with Crippen LogP contribution in [0.2, 0.25) is 0 Å². The maximum Gasteiger partial charge on any atom is 0.154 e. The van der Waals surface area contributed by atoms with Crippen LogP contribution in [0.4, 0.5) is 17.2 Å². The summed E-state index contributed by atoms with van der Waals surface area (Å²) in [5, 5.41) is 13.1. The van der Waals surface area contributed by atoms with E-state index in [4.69, 9.17) is 11.0 Å². The van der Waals surface area contributed by atoms with E-state index in [2.05, 4.69) is 15.3 Å². The van der Waals surface area contributed by atoms with Gasteiger partial charge in [0.05, 0.1) is 16.8 Å². The van der Waals surface area contributed by atoms with E-state index >= 15 is 0 Å². The van der Waals surface area contributed by atoms with Crippen molar-refractivity contribution in [3.8, 4) is 6.07 Å².